The molecule has 3 aliphatic rings. The molecule has 1 aromatic heterocycles. The second-order valence-corrected chi connectivity index (χ2v) is 10.5. The number of hydrogen-bond donors (Lipinski definition) is 5. The summed E-state index contributed by atoms with van der Waals surface area (Å²) in [6.45, 7) is 0. The zero-order chi connectivity index (χ0) is 30.0. The zero-order valence-corrected chi connectivity index (χ0v) is 22.3. The van der Waals surface area contributed by atoms with E-state index in [-0.39, 0.29) is 41.0 Å². The highest BCUT2D eigenvalue weighted by Gasteiger charge is 2.67. The lowest BCUT2D eigenvalue weighted by Crippen LogP contribution is -2.73. The monoisotopic (exact) mass is 565 g/mol. The Morgan fingerprint density at radius 1 is 1.27 bits per heavy atom. The Balaban J connectivity index is 1.77. The van der Waals surface area contributed by atoms with Gasteiger partial charge in [0.15, 0.2) is 11.5 Å². The smallest absolute Gasteiger partial charge is 0.255 e. The molecule has 0 spiro atoms. The summed E-state index contributed by atoms with van der Waals surface area (Å²) in [5, 5.41) is 40.8. The molecule has 3 atom stereocenters. The summed E-state index contributed by atoms with van der Waals surface area (Å²) in [6, 6.07) is 4.79. The number of amides is 1. The molecule has 5 rings (SSSR count). The molecule has 1 amide bonds. The molecule has 0 bridgehead atoms. The first-order valence-corrected chi connectivity index (χ1v) is 12.4. The molecule has 1 aromatic carbocycles. The minimum Gasteiger partial charge on any atom is -0.508 e. The number of furan rings is 1. The van der Waals surface area contributed by atoms with Gasteiger partial charge in [-0.05, 0) is 47.7 Å². The minimum absolute atomic E-state index is 0.0665. The van der Waals surface area contributed by atoms with Gasteiger partial charge in [0.05, 0.1) is 11.1 Å². The van der Waals surface area contributed by atoms with E-state index in [1.54, 1.807) is 37.2 Å². The van der Waals surface area contributed by atoms with Crippen molar-refractivity contribution in [2.24, 2.45) is 27.7 Å². The Morgan fingerprint density at radius 3 is 2.59 bits per heavy atom. The molecule has 14 nitrogen and oxygen atoms in total. The number of nitrogens with zero attached hydrogens (tertiary/aromatic N) is 3. The Labute approximate surface area is 232 Å². The molecule has 7 N–H and O–H groups in total. The van der Waals surface area contributed by atoms with Crippen LogP contribution in [0.4, 0.5) is 11.4 Å². The van der Waals surface area contributed by atoms with E-state index < -0.39 is 58.0 Å². The van der Waals surface area contributed by atoms with Crippen LogP contribution in [0.1, 0.15) is 29.7 Å². The van der Waals surface area contributed by atoms with Crippen LogP contribution in [0.2, 0.25) is 0 Å². The quantitative estimate of drug-likeness (QED) is 0.146. The van der Waals surface area contributed by atoms with Crippen molar-refractivity contribution in [3.05, 3.63) is 56.9 Å². The third-order valence-corrected chi connectivity index (χ3v) is 7.97. The molecular formula is C27H27N5O9. The van der Waals surface area contributed by atoms with Gasteiger partial charge in [0.2, 0.25) is 11.4 Å². The maximum absolute atomic E-state index is 13.9. The largest absolute Gasteiger partial charge is 0.508 e. The lowest BCUT2D eigenvalue weighted by atomic mass is 9.55. The molecule has 0 radical (unpaired) electrons. The topological polar surface area (TPSA) is 231 Å². The number of rotatable bonds is 6. The number of carbonyl (C=O) groups is 3. The van der Waals surface area contributed by atoms with Gasteiger partial charge in [-0.25, -0.2) is 0 Å². The van der Waals surface area contributed by atoms with Crippen molar-refractivity contribution in [2.75, 3.05) is 26.1 Å². The molecule has 3 aliphatic carbocycles. The molecule has 2 aromatic rings. The number of carbonyl (C=O) groups excluding carboxylic acids is 3. The van der Waals surface area contributed by atoms with Crippen LogP contribution in [0.15, 0.2) is 49.9 Å². The number of nitroso groups, excluding NO2 is 1. The van der Waals surface area contributed by atoms with Gasteiger partial charge >= 0.3 is 0 Å². The molecule has 0 unspecified atom stereocenters. The number of fused-ring (bicyclic) bond motifs is 3. The predicted octanol–water partition coefficient (Wildman–Crippen LogP) is 1.50. The van der Waals surface area contributed by atoms with Crippen LogP contribution in [0.25, 0.3) is 17.1 Å². The fraction of sp³-hybridized carbons (Fsp3) is 0.333. The summed E-state index contributed by atoms with van der Waals surface area (Å²) in [5.74, 6) is -5.71. The Morgan fingerprint density at radius 2 is 1.98 bits per heavy atom. The minimum atomic E-state index is -2.93. The van der Waals surface area contributed by atoms with Gasteiger partial charge in [-0.15, -0.1) is 4.91 Å². The normalized spacial score (nSPS) is 25.6. The van der Waals surface area contributed by atoms with Gasteiger partial charge in [0.1, 0.15) is 41.9 Å². The summed E-state index contributed by atoms with van der Waals surface area (Å²) in [5.41, 5.74) is 6.41. The molecule has 1 heterocycles. The third kappa shape index (κ3) is 3.78. The van der Waals surface area contributed by atoms with Gasteiger partial charge < -0.3 is 40.9 Å². The summed E-state index contributed by atoms with van der Waals surface area (Å²) in [7, 11) is 4.84. The number of anilines is 1. The maximum Gasteiger partial charge on any atom is 0.255 e. The first kappa shape index (κ1) is 27.7. The van der Waals surface area contributed by atoms with E-state index in [1.165, 1.54) is 13.3 Å². The molecule has 0 aliphatic heterocycles. The molecular weight excluding hydrogens is 538 g/mol. The van der Waals surface area contributed by atoms with Crippen LogP contribution in [0.3, 0.4) is 0 Å². The van der Waals surface area contributed by atoms with E-state index in [9.17, 15) is 34.6 Å². The van der Waals surface area contributed by atoms with Crippen molar-refractivity contribution in [1.82, 2.24) is 0 Å². The van der Waals surface area contributed by atoms with Crippen molar-refractivity contribution < 1.29 is 39.0 Å². The number of aliphatic hydroxyl groups is 3. The standard InChI is InChI=1S/C27H27N5O9/c1-32(2)15-7-14(17-5-4-12(41-17)10-30-40-3)21(31-39)19-13(15)6-11-8-26(29)9-16(33)20(25(28)37)24(36)27(26,38)23(35)18(11)22(19)34/h4-5,7,10-11,34,36,38H,6,8-9,29H2,1-3H3,(H2,28,37)/b30-10+/t11-,26+,27-/m0/s1. The predicted molar refractivity (Wildman–Crippen MR) is 145 cm³/mol. The number of aliphatic hydroxyl groups excluding tert-OH is 2. The fourth-order valence-corrected chi connectivity index (χ4v) is 6.15. The lowest BCUT2D eigenvalue weighted by Gasteiger charge is -2.52. The van der Waals surface area contributed by atoms with E-state index in [4.69, 9.17) is 15.9 Å². The summed E-state index contributed by atoms with van der Waals surface area (Å²) in [6.07, 6.45) is 0.497. The van der Waals surface area contributed by atoms with Crippen LogP contribution in [0, 0.1) is 10.8 Å². The molecule has 214 valence electrons. The number of primary amides is 1. The van der Waals surface area contributed by atoms with Gasteiger partial charge in [0, 0.05) is 37.3 Å². The summed E-state index contributed by atoms with van der Waals surface area (Å²) >= 11 is 0. The van der Waals surface area contributed by atoms with Crippen molar-refractivity contribution >= 4 is 40.8 Å². The van der Waals surface area contributed by atoms with Crippen LogP contribution >= 0.6 is 0 Å². The van der Waals surface area contributed by atoms with E-state index in [1.807, 2.05) is 0 Å². The number of hydrogen-bond acceptors (Lipinski definition) is 13. The Bertz CT molecular complexity index is 1640. The van der Waals surface area contributed by atoms with E-state index in [0.29, 0.717) is 17.0 Å². The highest BCUT2D eigenvalue weighted by molar-refractivity contribution is 6.23. The highest BCUT2D eigenvalue weighted by Crippen LogP contribution is 2.55. The molecule has 1 saturated carbocycles. The number of ketones is 2. The van der Waals surface area contributed by atoms with Crippen molar-refractivity contribution in [3.63, 3.8) is 0 Å². The van der Waals surface area contributed by atoms with Crippen molar-refractivity contribution in [2.45, 2.75) is 30.4 Å². The van der Waals surface area contributed by atoms with Crippen LogP contribution in [-0.2, 0) is 25.6 Å². The molecule has 14 heteroatoms. The van der Waals surface area contributed by atoms with Gasteiger partial charge in [0.25, 0.3) is 5.91 Å². The van der Waals surface area contributed by atoms with Crippen LogP contribution < -0.4 is 16.4 Å². The highest BCUT2D eigenvalue weighted by atomic mass is 16.6. The average molecular weight is 566 g/mol. The molecule has 41 heavy (non-hydrogen) atoms. The van der Waals surface area contributed by atoms with E-state index >= 15 is 0 Å². The SMILES string of the molecule is CO/N=C/c1ccc(-c2cc(N(C)C)c3c(c2N=O)C(O)=C2C(=O)[C@]4(O)C(O)=C(C(N)=O)C(=O)C[C@]4(N)C[C@@H]2C3)o1. The maximum atomic E-state index is 13.9. The first-order valence-electron chi connectivity index (χ1n) is 12.4. The van der Waals surface area contributed by atoms with Crippen LogP contribution in [0.5, 0.6) is 0 Å². The second-order valence-electron chi connectivity index (χ2n) is 10.5. The Hall–Kier alpha value is -4.82. The number of nitrogens with two attached hydrogens (primary N) is 2. The number of oxime groups is 1. The summed E-state index contributed by atoms with van der Waals surface area (Å²) < 4.78 is 5.78. The van der Waals surface area contributed by atoms with Crippen LogP contribution in [-0.4, -0.2) is 71.4 Å². The summed E-state index contributed by atoms with van der Waals surface area (Å²) in [4.78, 5) is 57.2. The fourth-order valence-electron chi connectivity index (χ4n) is 6.15. The van der Waals surface area contributed by atoms with E-state index in [2.05, 4.69) is 15.2 Å². The van der Waals surface area contributed by atoms with Crippen molar-refractivity contribution in [3.8, 4) is 11.3 Å². The number of Topliss-reactive ketones (excluding diaryl/α,β-unsaturated/α-hetero) is 2. The average Bonchev–Trinajstić information content (AvgIpc) is 3.37. The third-order valence-electron chi connectivity index (χ3n) is 7.97. The Kier molecular flexibility index (Phi) is 6.35. The van der Waals surface area contributed by atoms with Gasteiger partial charge in [-0.2, -0.15) is 0 Å². The van der Waals surface area contributed by atoms with Gasteiger partial charge in [-0.3, -0.25) is 14.4 Å². The van der Waals surface area contributed by atoms with Gasteiger partial charge in [-0.1, -0.05) is 5.16 Å². The number of benzene rings is 1. The van der Waals surface area contributed by atoms with E-state index in [0.717, 1.165) is 0 Å². The second kappa shape index (κ2) is 9.38. The molecule has 0 saturated heterocycles. The first-order chi connectivity index (χ1) is 19.3. The molecule has 1 fully saturated rings. The van der Waals surface area contributed by atoms with Crippen molar-refractivity contribution in [1.29, 1.82) is 0 Å². The lowest BCUT2D eigenvalue weighted by molar-refractivity contribution is -0.150. The zero-order valence-electron chi connectivity index (χ0n) is 22.3.